The lowest BCUT2D eigenvalue weighted by molar-refractivity contribution is -0.115. The number of aryl methyl sites for hydroxylation is 1. The number of anilines is 1. The summed E-state index contributed by atoms with van der Waals surface area (Å²) in [5, 5.41) is 10.6. The van der Waals surface area contributed by atoms with Crippen LogP contribution in [0.3, 0.4) is 0 Å². The van der Waals surface area contributed by atoms with Crippen molar-refractivity contribution in [3.05, 3.63) is 47.9 Å². The first-order valence-corrected chi connectivity index (χ1v) is 6.08. The molecule has 0 aliphatic carbocycles. The maximum absolute atomic E-state index is 11.9. The lowest BCUT2D eigenvalue weighted by Gasteiger charge is -2.04. The Hall–Kier alpha value is -2.56. The molecular formula is C14H14N4O. The lowest BCUT2D eigenvalue weighted by atomic mass is 10.1. The third-order valence-corrected chi connectivity index (χ3v) is 3.09. The first kappa shape index (κ1) is 11.5. The summed E-state index contributed by atoms with van der Waals surface area (Å²) >= 11 is 0. The van der Waals surface area contributed by atoms with Gasteiger partial charge in [-0.2, -0.15) is 5.10 Å². The number of amides is 1. The topological polar surface area (TPSA) is 73.6 Å². The molecule has 1 amide bonds. The van der Waals surface area contributed by atoms with Crippen molar-refractivity contribution in [2.45, 2.75) is 13.3 Å². The minimum atomic E-state index is -0.0459. The largest absolute Gasteiger partial charge is 0.361 e. The molecule has 0 aliphatic heterocycles. The Labute approximate surface area is 110 Å². The van der Waals surface area contributed by atoms with Crippen LogP contribution in [0.5, 0.6) is 0 Å². The summed E-state index contributed by atoms with van der Waals surface area (Å²) in [5.41, 5.74) is 3.61. The van der Waals surface area contributed by atoms with E-state index in [1.807, 2.05) is 37.4 Å². The van der Waals surface area contributed by atoms with Gasteiger partial charge in [-0.3, -0.25) is 9.89 Å². The molecule has 2 heterocycles. The summed E-state index contributed by atoms with van der Waals surface area (Å²) in [6, 6.07) is 7.99. The second-order valence-corrected chi connectivity index (χ2v) is 4.53. The van der Waals surface area contributed by atoms with Crippen LogP contribution in [0.15, 0.2) is 36.7 Å². The molecule has 3 rings (SSSR count). The van der Waals surface area contributed by atoms with Crippen molar-refractivity contribution >= 4 is 22.5 Å². The molecule has 19 heavy (non-hydrogen) atoms. The number of aromatic nitrogens is 3. The molecule has 0 fully saturated rings. The molecule has 1 aromatic carbocycles. The zero-order valence-electron chi connectivity index (χ0n) is 10.5. The van der Waals surface area contributed by atoms with Gasteiger partial charge in [-0.1, -0.05) is 12.1 Å². The van der Waals surface area contributed by atoms with Gasteiger partial charge >= 0.3 is 0 Å². The van der Waals surface area contributed by atoms with E-state index < -0.39 is 0 Å². The van der Waals surface area contributed by atoms with Crippen molar-refractivity contribution in [3.63, 3.8) is 0 Å². The van der Waals surface area contributed by atoms with E-state index in [9.17, 15) is 4.79 Å². The van der Waals surface area contributed by atoms with Crippen LogP contribution in [0.25, 0.3) is 10.9 Å². The molecule has 0 radical (unpaired) electrons. The number of benzene rings is 1. The lowest BCUT2D eigenvalue weighted by Crippen LogP contribution is -2.14. The average molecular weight is 254 g/mol. The fraction of sp³-hybridized carbons (Fsp3) is 0.143. The minimum Gasteiger partial charge on any atom is -0.361 e. The molecule has 3 N–H and O–H groups in total. The van der Waals surface area contributed by atoms with Gasteiger partial charge in [0.05, 0.1) is 24.0 Å². The number of aromatic amines is 2. The van der Waals surface area contributed by atoms with E-state index >= 15 is 0 Å². The number of fused-ring (bicyclic) bond motifs is 1. The fourth-order valence-electron chi connectivity index (χ4n) is 2.06. The highest BCUT2D eigenvalue weighted by Crippen LogP contribution is 2.15. The number of rotatable bonds is 3. The van der Waals surface area contributed by atoms with E-state index in [2.05, 4.69) is 20.5 Å². The van der Waals surface area contributed by atoms with Crippen LogP contribution >= 0.6 is 0 Å². The number of hydrogen-bond donors (Lipinski definition) is 3. The maximum atomic E-state index is 11.9. The summed E-state index contributed by atoms with van der Waals surface area (Å²) in [6.07, 6.45) is 3.85. The number of hydrogen-bond acceptors (Lipinski definition) is 2. The normalized spacial score (nSPS) is 10.8. The Kier molecular flexibility index (Phi) is 2.79. The number of nitrogens with zero attached hydrogens (tertiary/aromatic N) is 1. The molecule has 0 saturated carbocycles. The van der Waals surface area contributed by atoms with Crippen LogP contribution in [0.2, 0.25) is 0 Å². The van der Waals surface area contributed by atoms with E-state index in [4.69, 9.17) is 0 Å². The zero-order chi connectivity index (χ0) is 13.2. The minimum absolute atomic E-state index is 0.0459. The zero-order valence-corrected chi connectivity index (χ0v) is 10.5. The van der Waals surface area contributed by atoms with Crippen molar-refractivity contribution in [1.29, 1.82) is 0 Å². The first-order chi connectivity index (χ1) is 9.22. The molecule has 96 valence electrons. The van der Waals surface area contributed by atoms with Gasteiger partial charge in [0.2, 0.25) is 5.91 Å². The Morgan fingerprint density at radius 2 is 2.26 bits per heavy atom. The van der Waals surface area contributed by atoms with Gasteiger partial charge in [0.25, 0.3) is 0 Å². The van der Waals surface area contributed by atoms with Crippen molar-refractivity contribution < 1.29 is 4.79 Å². The predicted molar refractivity (Wildman–Crippen MR) is 74.0 cm³/mol. The molecule has 3 aromatic rings. The summed E-state index contributed by atoms with van der Waals surface area (Å²) in [4.78, 5) is 15.1. The summed E-state index contributed by atoms with van der Waals surface area (Å²) in [7, 11) is 0. The Bertz CT molecular complexity index is 726. The van der Waals surface area contributed by atoms with Gasteiger partial charge in [-0.25, -0.2) is 0 Å². The predicted octanol–water partition coefficient (Wildman–Crippen LogP) is 2.38. The molecule has 0 saturated heterocycles. The molecular weight excluding hydrogens is 240 g/mol. The summed E-state index contributed by atoms with van der Waals surface area (Å²) in [5.74, 6) is -0.0459. The first-order valence-electron chi connectivity index (χ1n) is 6.08. The van der Waals surface area contributed by atoms with Crippen LogP contribution in [-0.4, -0.2) is 21.1 Å². The molecule has 0 unspecified atom stereocenters. The second-order valence-electron chi connectivity index (χ2n) is 4.53. The van der Waals surface area contributed by atoms with Gasteiger partial charge in [-0.15, -0.1) is 0 Å². The third-order valence-electron chi connectivity index (χ3n) is 3.09. The van der Waals surface area contributed by atoms with Crippen molar-refractivity contribution in [2.75, 3.05) is 5.32 Å². The maximum Gasteiger partial charge on any atom is 0.228 e. The summed E-state index contributed by atoms with van der Waals surface area (Å²) in [6.45, 7) is 1.87. The number of nitrogens with one attached hydrogen (secondary N) is 3. The highest BCUT2D eigenvalue weighted by Gasteiger charge is 2.07. The average Bonchev–Trinajstić information content (AvgIpc) is 2.98. The molecule has 0 atom stereocenters. The van der Waals surface area contributed by atoms with Gasteiger partial charge in [0, 0.05) is 11.7 Å². The molecule has 2 aromatic heterocycles. The molecule has 5 heteroatoms. The van der Waals surface area contributed by atoms with Gasteiger partial charge in [0.15, 0.2) is 0 Å². The monoisotopic (exact) mass is 254 g/mol. The van der Waals surface area contributed by atoms with Crippen LogP contribution in [0, 0.1) is 6.92 Å². The summed E-state index contributed by atoms with van der Waals surface area (Å²) < 4.78 is 0. The number of carbonyl (C=O) groups is 1. The van der Waals surface area contributed by atoms with Gasteiger partial charge < -0.3 is 10.3 Å². The van der Waals surface area contributed by atoms with Crippen LogP contribution < -0.4 is 5.32 Å². The van der Waals surface area contributed by atoms with Crippen LogP contribution in [0.4, 0.5) is 5.69 Å². The highest BCUT2D eigenvalue weighted by molar-refractivity contribution is 5.93. The molecule has 5 nitrogen and oxygen atoms in total. The Morgan fingerprint density at radius 1 is 1.37 bits per heavy atom. The Balaban J connectivity index is 1.73. The molecule has 0 aliphatic rings. The third kappa shape index (κ3) is 2.35. The Morgan fingerprint density at radius 3 is 3.05 bits per heavy atom. The SMILES string of the molecule is Cc1[nH]ncc1NC(=O)Cc1ccc2cc[nH]c2c1. The van der Waals surface area contributed by atoms with Crippen molar-refractivity contribution in [1.82, 2.24) is 15.2 Å². The van der Waals surface area contributed by atoms with Crippen molar-refractivity contribution in [3.8, 4) is 0 Å². The highest BCUT2D eigenvalue weighted by atomic mass is 16.1. The van der Waals surface area contributed by atoms with Gasteiger partial charge in [-0.05, 0) is 30.0 Å². The van der Waals surface area contributed by atoms with Crippen LogP contribution in [0.1, 0.15) is 11.3 Å². The van der Waals surface area contributed by atoms with E-state index in [1.54, 1.807) is 6.20 Å². The smallest absolute Gasteiger partial charge is 0.228 e. The molecule has 0 bridgehead atoms. The van der Waals surface area contributed by atoms with Crippen LogP contribution in [-0.2, 0) is 11.2 Å². The van der Waals surface area contributed by atoms with E-state index in [1.165, 1.54) is 0 Å². The number of H-pyrrole nitrogens is 2. The van der Waals surface area contributed by atoms with Crippen molar-refractivity contribution in [2.24, 2.45) is 0 Å². The number of carbonyl (C=O) groups excluding carboxylic acids is 1. The van der Waals surface area contributed by atoms with E-state index in [0.29, 0.717) is 6.42 Å². The fourth-order valence-corrected chi connectivity index (χ4v) is 2.06. The molecule has 0 spiro atoms. The van der Waals surface area contributed by atoms with E-state index in [-0.39, 0.29) is 5.91 Å². The second kappa shape index (κ2) is 4.61. The van der Waals surface area contributed by atoms with Gasteiger partial charge in [0.1, 0.15) is 0 Å². The van der Waals surface area contributed by atoms with E-state index in [0.717, 1.165) is 27.8 Å². The standard InChI is InChI=1S/C14H14N4O/c1-9-13(8-16-18-9)17-14(19)7-10-2-3-11-4-5-15-12(11)6-10/h2-6,8,15H,7H2,1H3,(H,16,18)(H,17,19). The quantitative estimate of drug-likeness (QED) is 0.671.